The highest BCUT2D eigenvalue weighted by Crippen LogP contribution is 2.26. The first-order valence-electron chi connectivity index (χ1n) is 7.45. The second-order valence-electron chi connectivity index (χ2n) is 5.17. The summed E-state index contributed by atoms with van der Waals surface area (Å²) in [5.41, 5.74) is 1.69. The van der Waals surface area contributed by atoms with E-state index in [9.17, 15) is 19.8 Å². The van der Waals surface area contributed by atoms with Crippen molar-refractivity contribution >= 4 is 23.6 Å². The standard InChI is InChI=1S/C19H18O5/c1-3-24-14-8-9-15(12(2)10-14)17(19(22)23)11-13-6-4-5-7-16(13)18(20)21/h4-11H,3H2,1-2H3,(H,20,21)(H,22,23)/b17-11-. The topological polar surface area (TPSA) is 83.8 Å². The number of benzene rings is 2. The van der Waals surface area contributed by atoms with Crippen molar-refractivity contribution in [3.05, 3.63) is 64.7 Å². The van der Waals surface area contributed by atoms with Crippen molar-refractivity contribution < 1.29 is 24.5 Å². The summed E-state index contributed by atoms with van der Waals surface area (Å²) in [6.07, 6.45) is 1.38. The lowest BCUT2D eigenvalue weighted by atomic mass is 9.96. The van der Waals surface area contributed by atoms with E-state index in [1.165, 1.54) is 12.1 Å². The lowest BCUT2D eigenvalue weighted by Crippen LogP contribution is -2.04. The number of aryl methyl sites for hydroxylation is 1. The van der Waals surface area contributed by atoms with Crippen LogP contribution in [0.25, 0.3) is 11.6 Å². The first kappa shape index (κ1) is 17.3. The molecule has 0 amide bonds. The van der Waals surface area contributed by atoms with Gasteiger partial charge in [-0.1, -0.05) is 24.3 Å². The number of aromatic carboxylic acids is 1. The number of rotatable bonds is 6. The molecule has 5 nitrogen and oxygen atoms in total. The molecule has 0 aliphatic rings. The Morgan fingerprint density at radius 1 is 1.08 bits per heavy atom. The molecule has 24 heavy (non-hydrogen) atoms. The minimum atomic E-state index is -1.12. The third-order valence-electron chi connectivity index (χ3n) is 3.52. The molecule has 0 aromatic heterocycles. The third-order valence-corrected chi connectivity index (χ3v) is 3.52. The normalized spacial score (nSPS) is 11.2. The summed E-state index contributed by atoms with van der Waals surface area (Å²) >= 11 is 0. The predicted octanol–water partition coefficient (Wildman–Crippen LogP) is 3.72. The Labute approximate surface area is 139 Å². The molecule has 2 rings (SSSR count). The molecule has 0 unspecified atom stereocenters. The number of carboxylic acids is 2. The maximum Gasteiger partial charge on any atom is 0.336 e. The van der Waals surface area contributed by atoms with Gasteiger partial charge >= 0.3 is 11.9 Å². The van der Waals surface area contributed by atoms with Gasteiger partial charge in [-0.2, -0.15) is 0 Å². The maximum absolute atomic E-state index is 11.7. The maximum atomic E-state index is 11.7. The summed E-state index contributed by atoms with van der Waals surface area (Å²) in [6.45, 7) is 4.18. The number of aliphatic carboxylic acids is 1. The molecule has 2 N–H and O–H groups in total. The van der Waals surface area contributed by atoms with Gasteiger partial charge in [-0.3, -0.25) is 0 Å². The zero-order valence-corrected chi connectivity index (χ0v) is 13.4. The van der Waals surface area contributed by atoms with Crippen LogP contribution in [0.3, 0.4) is 0 Å². The van der Waals surface area contributed by atoms with Crippen molar-refractivity contribution in [1.82, 2.24) is 0 Å². The van der Waals surface area contributed by atoms with Crippen LogP contribution < -0.4 is 4.74 Å². The van der Waals surface area contributed by atoms with Gasteiger partial charge in [0, 0.05) is 0 Å². The van der Waals surface area contributed by atoms with E-state index < -0.39 is 11.9 Å². The minimum Gasteiger partial charge on any atom is -0.494 e. The zero-order valence-electron chi connectivity index (χ0n) is 13.4. The molecule has 0 saturated carbocycles. The molecule has 124 valence electrons. The average Bonchev–Trinajstić information content (AvgIpc) is 2.53. The van der Waals surface area contributed by atoms with Gasteiger partial charge < -0.3 is 14.9 Å². The number of hydrogen-bond acceptors (Lipinski definition) is 3. The smallest absolute Gasteiger partial charge is 0.336 e. The lowest BCUT2D eigenvalue weighted by Gasteiger charge is -2.11. The van der Waals surface area contributed by atoms with Crippen LogP contribution in [0.5, 0.6) is 5.75 Å². The van der Waals surface area contributed by atoms with Crippen molar-refractivity contribution in [2.75, 3.05) is 6.61 Å². The van der Waals surface area contributed by atoms with Crippen LogP contribution >= 0.6 is 0 Å². The van der Waals surface area contributed by atoms with Gasteiger partial charge in [-0.15, -0.1) is 0 Å². The summed E-state index contributed by atoms with van der Waals surface area (Å²) in [7, 11) is 0. The minimum absolute atomic E-state index is 0.0317. The summed E-state index contributed by atoms with van der Waals surface area (Å²) in [6, 6.07) is 11.4. The molecule has 2 aromatic rings. The number of carboxylic acid groups (broad SMARTS) is 2. The fraction of sp³-hybridized carbons (Fsp3) is 0.158. The summed E-state index contributed by atoms with van der Waals surface area (Å²) in [5, 5.41) is 18.8. The Balaban J connectivity index is 2.55. The SMILES string of the molecule is CCOc1ccc(/C(=C/c2ccccc2C(=O)O)C(=O)O)c(C)c1. The van der Waals surface area contributed by atoms with Gasteiger partial charge in [0.1, 0.15) is 5.75 Å². The van der Waals surface area contributed by atoms with Crippen LogP contribution in [0.1, 0.15) is 34.0 Å². The van der Waals surface area contributed by atoms with Crippen LogP contribution in [0.2, 0.25) is 0 Å². The van der Waals surface area contributed by atoms with Crippen LogP contribution in [-0.2, 0) is 4.79 Å². The highest BCUT2D eigenvalue weighted by molar-refractivity contribution is 6.21. The molecule has 0 atom stereocenters. The Morgan fingerprint density at radius 3 is 2.38 bits per heavy atom. The van der Waals surface area contributed by atoms with Crippen LogP contribution in [0.15, 0.2) is 42.5 Å². The summed E-state index contributed by atoms with van der Waals surface area (Å²) in [4.78, 5) is 23.0. The van der Waals surface area contributed by atoms with Gasteiger partial charge in [0.25, 0.3) is 0 Å². The van der Waals surface area contributed by atoms with Crippen LogP contribution in [-0.4, -0.2) is 28.8 Å². The van der Waals surface area contributed by atoms with E-state index in [2.05, 4.69) is 0 Å². The molecular weight excluding hydrogens is 308 g/mol. The van der Waals surface area contributed by atoms with E-state index in [1.807, 2.05) is 6.92 Å². The zero-order chi connectivity index (χ0) is 17.7. The molecule has 0 saturated heterocycles. The van der Waals surface area contributed by atoms with Crippen molar-refractivity contribution in [3.8, 4) is 5.75 Å². The number of ether oxygens (including phenoxy) is 1. The molecular formula is C19H18O5. The highest BCUT2D eigenvalue weighted by Gasteiger charge is 2.16. The van der Waals surface area contributed by atoms with Crippen molar-refractivity contribution in [1.29, 1.82) is 0 Å². The van der Waals surface area contributed by atoms with Crippen molar-refractivity contribution in [3.63, 3.8) is 0 Å². The summed E-state index contributed by atoms with van der Waals surface area (Å²) < 4.78 is 5.41. The Morgan fingerprint density at radius 2 is 1.79 bits per heavy atom. The predicted molar refractivity (Wildman–Crippen MR) is 91.3 cm³/mol. The molecule has 0 aliphatic carbocycles. The molecule has 0 radical (unpaired) electrons. The van der Waals surface area contributed by atoms with E-state index in [1.54, 1.807) is 43.3 Å². The van der Waals surface area contributed by atoms with Gasteiger partial charge in [0.2, 0.25) is 0 Å². The Bertz CT molecular complexity index is 805. The second-order valence-corrected chi connectivity index (χ2v) is 5.17. The molecule has 0 spiro atoms. The quantitative estimate of drug-likeness (QED) is 0.624. The fourth-order valence-electron chi connectivity index (χ4n) is 2.42. The molecule has 0 aliphatic heterocycles. The van der Waals surface area contributed by atoms with Gasteiger partial charge in [-0.05, 0) is 54.8 Å². The van der Waals surface area contributed by atoms with Crippen LogP contribution in [0.4, 0.5) is 0 Å². The van der Waals surface area contributed by atoms with Gasteiger partial charge in [-0.25, -0.2) is 9.59 Å². The largest absolute Gasteiger partial charge is 0.494 e. The number of carbonyl (C=O) groups is 2. The first-order valence-corrected chi connectivity index (χ1v) is 7.45. The summed E-state index contributed by atoms with van der Waals surface area (Å²) in [5.74, 6) is -1.56. The highest BCUT2D eigenvalue weighted by atomic mass is 16.5. The second kappa shape index (κ2) is 7.46. The van der Waals surface area contributed by atoms with Crippen LogP contribution in [0, 0.1) is 6.92 Å². The fourth-order valence-corrected chi connectivity index (χ4v) is 2.42. The van der Waals surface area contributed by atoms with Crippen molar-refractivity contribution in [2.24, 2.45) is 0 Å². The lowest BCUT2D eigenvalue weighted by molar-refractivity contribution is -0.130. The Hall–Kier alpha value is -3.08. The first-order chi connectivity index (χ1) is 11.4. The third kappa shape index (κ3) is 3.81. The van der Waals surface area contributed by atoms with Gasteiger partial charge in [0.05, 0.1) is 17.7 Å². The Kier molecular flexibility index (Phi) is 5.37. The molecule has 5 heteroatoms. The molecule has 0 heterocycles. The van der Waals surface area contributed by atoms with Crippen molar-refractivity contribution in [2.45, 2.75) is 13.8 Å². The average molecular weight is 326 g/mol. The monoisotopic (exact) mass is 326 g/mol. The van der Waals surface area contributed by atoms with Gasteiger partial charge in [0.15, 0.2) is 0 Å². The van der Waals surface area contributed by atoms with E-state index in [4.69, 9.17) is 4.74 Å². The van der Waals surface area contributed by atoms with E-state index >= 15 is 0 Å². The molecule has 0 bridgehead atoms. The molecule has 0 fully saturated rings. The van der Waals surface area contributed by atoms with E-state index in [0.717, 1.165) is 5.56 Å². The van der Waals surface area contributed by atoms with E-state index in [0.29, 0.717) is 23.5 Å². The molecule has 2 aromatic carbocycles. The van der Waals surface area contributed by atoms with E-state index in [-0.39, 0.29) is 11.1 Å². The number of hydrogen-bond donors (Lipinski definition) is 2.